The largest absolute Gasteiger partial charge is 0.297 e. The number of aromatic nitrogens is 1. The van der Waals surface area contributed by atoms with Gasteiger partial charge in [0, 0.05) is 33.2 Å². The van der Waals surface area contributed by atoms with Crippen LogP contribution in [0, 0.1) is 10.1 Å². The molecule has 8 heteroatoms. The molecule has 0 saturated heterocycles. The van der Waals surface area contributed by atoms with E-state index in [1.807, 2.05) is 17.5 Å². The number of thiophene rings is 1. The van der Waals surface area contributed by atoms with Gasteiger partial charge in [-0.25, -0.2) is 4.98 Å². The number of hydrogen-bond acceptors (Lipinski definition) is 6. The SMILES string of the molecule is CCc1ccc(-c2csc(NC(=O)c3cc4cc([N+](=O)[O-])ccc4s3)n2)cc1. The normalized spacial score (nSPS) is 10.9. The van der Waals surface area contributed by atoms with E-state index in [0.717, 1.165) is 22.4 Å². The van der Waals surface area contributed by atoms with Gasteiger partial charge in [0.25, 0.3) is 11.6 Å². The van der Waals surface area contributed by atoms with E-state index < -0.39 is 4.92 Å². The van der Waals surface area contributed by atoms with Crippen LogP contribution in [0.1, 0.15) is 22.2 Å². The van der Waals surface area contributed by atoms with Gasteiger partial charge < -0.3 is 0 Å². The van der Waals surface area contributed by atoms with Crippen molar-refractivity contribution in [2.75, 3.05) is 5.32 Å². The number of amides is 1. The smallest absolute Gasteiger partial charge is 0.270 e. The molecule has 0 atom stereocenters. The molecule has 0 aliphatic heterocycles. The molecule has 6 nitrogen and oxygen atoms in total. The number of non-ortho nitro benzene ring substituents is 1. The monoisotopic (exact) mass is 409 g/mol. The van der Waals surface area contributed by atoms with Gasteiger partial charge in [0.15, 0.2) is 5.13 Å². The average molecular weight is 409 g/mol. The maximum Gasteiger partial charge on any atom is 0.270 e. The van der Waals surface area contributed by atoms with Gasteiger partial charge in [0.05, 0.1) is 15.5 Å². The quantitative estimate of drug-likeness (QED) is 0.336. The summed E-state index contributed by atoms with van der Waals surface area (Å²) < 4.78 is 0.826. The molecule has 0 aliphatic rings. The number of nitrogens with zero attached hydrogens (tertiary/aromatic N) is 2. The van der Waals surface area contributed by atoms with Crippen molar-refractivity contribution < 1.29 is 9.72 Å². The molecule has 0 radical (unpaired) electrons. The number of carbonyl (C=O) groups excluding carboxylic acids is 1. The average Bonchev–Trinajstić information content (AvgIpc) is 3.34. The Kier molecular flexibility index (Phi) is 4.89. The first kappa shape index (κ1) is 18.3. The van der Waals surface area contributed by atoms with Crippen LogP contribution in [-0.4, -0.2) is 15.8 Å². The highest BCUT2D eigenvalue weighted by molar-refractivity contribution is 7.21. The summed E-state index contributed by atoms with van der Waals surface area (Å²) >= 11 is 2.66. The summed E-state index contributed by atoms with van der Waals surface area (Å²) in [7, 11) is 0. The molecule has 2 aromatic heterocycles. The summed E-state index contributed by atoms with van der Waals surface area (Å²) in [6, 6.07) is 14.4. The van der Waals surface area contributed by atoms with E-state index in [4.69, 9.17) is 0 Å². The Bertz CT molecular complexity index is 1180. The number of thiazole rings is 1. The van der Waals surface area contributed by atoms with Crippen LogP contribution in [0.15, 0.2) is 53.9 Å². The van der Waals surface area contributed by atoms with Crippen LogP contribution in [0.4, 0.5) is 10.8 Å². The maximum absolute atomic E-state index is 12.6. The maximum atomic E-state index is 12.6. The molecule has 4 rings (SSSR count). The number of benzene rings is 2. The van der Waals surface area contributed by atoms with Gasteiger partial charge in [0.2, 0.25) is 0 Å². The zero-order chi connectivity index (χ0) is 19.7. The summed E-state index contributed by atoms with van der Waals surface area (Å²) in [4.78, 5) is 28.0. The highest BCUT2D eigenvalue weighted by Gasteiger charge is 2.15. The lowest BCUT2D eigenvalue weighted by molar-refractivity contribution is -0.384. The standard InChI is InChI=1S/C20H15N3O3S2/c1-2-12-3-5-13(6-4-12)16-11-27-20(21-16)22-19(24)18-10-14-9-15(23(25)26)7-8-17(14)28-18/h3-11H,2H2,1H3,(H,21,22,24). The zero-order valence-electron chi connectivity index (χ0n) is 14.8. The van der Waals surface area contributed by atoms with Crippen molar-refractivity contribution in [2.24, 2.45) is 0 Å². The highest BCUT2D eigenvalue weighted by Crippen LogP contribution is 2.30. The van der Waals surface area contributed by atoms with E-state index in [0.29, 0.717) is 15.4 Å². The predicted octanol–water partition coefficient (Wildman–Crippen LogP) is 5.75. The van der Waals surface area contributed by atoms with Gasteiger partial charge in [-0.15, -0.1) is 22.7 Å². The van der Waals surface area contributed by atoms with Gasteiger partial charge in [0.1, 0.15) is 0 Å². The fraction of sp³-hybridized carbons (Fsp3) is 0.100. The second-order valence-electron chi connectivity index (χ2n) is 6.13. The molecule has 0 aliphatic carbocycles. The predicted molar refractivity (Wildman–Crippen MR) is 113 cm³/mol. The number of aryl methyl sites for hydroxylation is 1. The second-order valence-corrected chi connectivity index (χ2v) is 8.07. The number of anilines is 1. The third kappa shape index (κ3) is 3.64. The molecule has 0 saturated carbocycles. The first-order chi connectivity index (χ1) is 13.5. The van der Waals surface area contributed by atoms with Crippen molar-refractivity contribution in [3.8, 4) is 11.3 Å². The minimum absolute atomic E-state index is 0.0101. The molecule has 1 N–H and O–H groups in total. The molecule has 28 heavy (non-hydrogen) atoms. The first-order valence-electron chi connectivity index (χ1n) is 8.57. The molecule has 0 spiro atoms. The van der Waals surface area contributed by atoms with Crippen molar-refractivity contribution in [3.63, 3.8) is 0 Å². The zero-order valence-corrected chi connectivity index (χ0v) is 16.5. The summed E-state index contributed by atoms with van der Waals surface area (Å²) in [5.41, 5.74) is 3.09. The van der Waals surface area contributed by atoms with E-state index in [1.54, 1.807) is 12.1 Å². The number of hydrogen-bond donors (Lipinski definition) is 1. The minimum Gasteiger partial charge on any atom is -0.297 e. The molecule has 2 aromatic carbocycles. The summed E-state index contributed by atoms with van der Waals surface area (Å²) in [5.74, 6) is -0.272. The van der Waals surface area contributed by atoms with Crippen molar-refractivity contribution >= 4 is 49.5 Å². The Morgan fingerprint density at radius 1 is 1.18 bits per heavy atom. The number of fused-ring (bicyclic) bond motifs is 1. The minimum atomic E-state index is -0.443. The molecule has 2 heterocycles. The molecule has 0 bridgehead atoms. The molecule has 4 aromatic rings. The van der Waals surface area contributed by atoms with Crippen molar-refractivity contribution in [1.29, 1.82) is 0 Å². The summed E-state index contributed by atoms with van der Waals surface area (Å²) in [6.45, 7) is 2.11. The van der Waals surface area contributed by atoms with E-state index in [1.165, 1.54) is 40.4 Å². The lowest BCUT2D eigenvalue weighted by Crippen LogP contribution is -2.09. The number of carbonyl (C=O) groups is 1. The van der Waals surface area contributed by atoms with Crippen LogP contribution in [0.25, 0.3) is 21.3 Å². The van der Waals surface area contributed by atoms with E-state index in [-0.39, 0.29) is 11.6 Å². The lowest BCUT2D eigenvalue weighted by Gasteiger charge is -2.00. The number of nitro benzene ring substituents is 1. The molecule has 0 unspecified atom stereocenters. The van der Waals surface area contributed by atoms with Crippen molar-refractivity contribution in [2.45, 2.75) is 13.3 Å². The molecule has 0 fully saturated rings. The van der Waals surface area contributed by atoms with Crippen molar-refractivity contribution in [1.82, 2.24) is 4.98 Å². The topological polar surface area (TPSA) is 85.1 Å². The van der Waals surface area contributed by atoms with Gasteiger partial charge in [-0.1, -0.05) is 31.2 Å². The van der Waals surface area contributed by atoms with Gasteiger partial charge in [-0.2, -0.15) is 0 Å². The van der Waals surface area contributed by atoms with Crippen LogP contribution < -0.4 is 5.32 Å². The second kappa shape index (κ2) is 7.49. The summed E-state index contributed by atoms with van der Waals surface area (Å²) in [6.07, 6.45) is 0.983. The highest BCUT2D eigenvalue weighted by atomic mass is 32.1. The van der Waals surface area contributed by atoms with E-state index >= 15 is 0 Å². The fourth-order valence-corrected chi connectivity index (χ4v) is 4.44. The Balaban J connectivity index is 1.52. The lowest BCUT2D eigenvalue weighted by atomic mass is 10.1. The van der Waals surface area contributed by atoms with Crippen LogP contribution in [0.5, 0.6) is 0 Å². The fourth-order valence-electron chi connectivity index (χ4n) is 2.79. The summed E-state index contributed by atoms with van der Waals surface area (Å²) in [5, 5.41) is 16.8. The Labute approximate surface area is 168 Å². The van der Waals surface area contributed by atoms with Crippen LogP contribution >= 0.6 is 22.7 Å². The third-order valence-electron chi connectivity index (χ3n) is 4.32. The van der Waals surface area contributed by atoms with Crippen LogP contribution in [0.3, 0.4) is 0 Å². The first-order valence-corrected chi connectivity index (χ1v) is 10.3. The van der Waals surface area contributed by atoms with Crippen LogP contribution in [0.2, 0.25) is 0 Å². The van der Waals surface area contributed by atoms with Gasteiger partial charge in [-0.3, -0.25) is 20.2 Å². The van der Waals surface area contributed by atoms with Gasteiger partial charge in [-0.05, 0) is 24.1 Å². The van der Waals surface area contributed by atoms with E-state index in [9.17, 15) is 14.9 Å². The Morgan fingerprint density at radius 2 is 1.96 bits per heavy atom. The Hall–Kier alpha value is -3.10. The molecule has 140 valence electrons. The molecular weight excluding hydrogens is 394 g/mol. The molecular formula is C20H15N3O3S2. The number of rotatable bonds is 5. The van der Waals surface area contributed by atoms with E-state index in [2.05, 4.69) is 29.4 Å². The van der Waals surface area contributed by atoms with Gasteiger partial charge >= 0.3 is 0 Å². The Morgan fingerprint density at radius 3 is 2.68 bits per heavy atom. The van der Waals surface area contributed by atoms with Crippen LogP contribution in [-0.2, 0) is 6.42 Å². The molecule has 1 amide bonds. The third-order valence-corrected chi connectivity index (χ3v) is 6.19. The number of nitrogens with one attached hydrogen (secondary N) is 1. The van der Waals surface area contributed by atoms with Crippen molar-refractivity contribution in [3.05, 3.63) is 74.5 Å². The number of nitro groups is 1.